The van der Waals surface area contributed by atoms with Crippen LogP contribution in [0.3, 0.4) is 0 Å². The Bertz CT molecular complexity index is 1100. The average Bonchev–Trinajstić information content (AvgIpc) is 2.83. The molecule has 1 aliphatic rings. The molecular weight excluding hydrogens is 474 g/mol. The van der Waals surface area contributed by atoms with Crippen LogP contribution in [0.25, 0.3) is 0 Å². The largest absolute Gasteiger partial charge is 0.378 e. The van der Waals surface area contributed by atoms with E-state index in [2.05, 4.69) is 27.5 Å². The molecule has 0 bridgehead atoms. The van der Waals surface area contributed by atoms with Gasteiger partial charge in [0.1, 0.15) is 4.90 Å². The fourth-order valence-electron chi connectivity index (χ4n) is 4.16. The lowest BCUT2D eigenvalue weighted by Gasteiger charge is -2.36. The Morgan fingerprint density at radius 3 is 2.62 bits per heavy atom. The van der Waals surface area contributed by atoms with Crippen LogP contribution in [0.2, 0.25) is 5.02 Å². The summed E-state index contributed by atoms with van der Waals surface area (Å²) in [7, 11) is -3.91. The number of hydrogen-bond acceptors (Lipinski definition) is 6. The Balaban J connectivity index is 1.84. The van der Waals surface area contributed by atoms with Gasteiger partial charge in [0, 0.05) is 36.5 Å². The van der Waals surface area contributed by atoms with E-state index in [1.54, 1.807) is 24.5 Å². The second-order valence-electron chi connectivity index (χ2n) is 8.64. The van der Waals surface area contributed by atoms with E-state index in [1.165, 1.54) is 10.4 Å². The highest BCUT2D eigenvalue weighted by Crippen LogP contribution is 2.33. The molecule has 2 aromatic rings. The van der Waals surface area contributed by atoms with Crippen molar-refractivity contribution in [2.24, 2.45) is 5.92 Å². The molecule has 0 radical (unpaired) electrons. The van der Waals surface area contributed by atoms with Gasteiger partial charge in [-0.2, -0.15) is 4.31 Å². The summed E-state index contributed by atoms with van der Waals surface area (Å²) in [6.45, 7) is 7.04. The molecule has 1 amide bonds. The van der Waals surface area contributed by atoms with E-state index in [9.17, 15) is 13.2 Å². The van der Waals surface area contributed by atoms with E-state index in [0.717, 1.165) is 30.7 Å². The van der Waals surface area contributed by atoms with Crippen LogP contribution >= 0.6 is 11.6 Å². The maximum Gasteiger partial charge on any atom is 0.245 e. The molecule has 34 heavy (non-hydrogen) atoms. The van der Waals surface area contributed by atoms with E-state index in [4.69, 9.17) is 11.6 Å². The third-order valence-corrected chi connectivity index (χ3v) is 8.45. The standard InChI is InChI=1S/C24H34ClN5O3S/c1-4-6-11-28-24(31)18-8-7-17(3)30(16-18)34(32,33)23-14-19(25)9-10-21(23)29-15-22-20(5-2)26-12-13-27-22/h9-10,12-14,17-18,29H,4-8,11,15-16H2,1-3H3,(H,28,31). The van der Waals surface area contributed by atoms with E-state index in [0.29, 0.717) is 36.6 Å². The van der Waals surface area contributed by atoms with Crippen LogP contribution in [0, 0.1) is 5.92 Å². The predicted molar refractivity (Wildman–Crippen MR) is 134 cm³/mol. The van der Waals surface area contributed by atoms with Crippen LogP contribution in [0.4, 0.5) is 5.69 Å². The van der Waals surface area contributed by atoms with Crippen LogP contribution in [-0.4, -0.2) is 47.7 Å². The first-order valence-electron chi connectivity index (χ1n) is 11.9. The molecule has 0 saturated carbocycles. The number of aromatic nitrogens is 2. The number of carbonyl (C=O) groups excluding carboxylic acids is 1. The SMILES string of the molecule is CCCCNC(=O)C1CCC(C)N(S(=O)(=O)c2cc(Cl)ccc2NCc2nccnc2CC)C1. The predicted octanol–water partition coefficient (Wildman–Crippen LogP) is 4.01. The van der Waals surface area contributed by atoms with E-state index in [1.807, 2.05) is 13.8 Å². The molecule has 0 aliphatic carbocycles. The van der Waals surface area contributed by atoms with Gasteiger partial charge >= 0.3 is 0 Å². The molecule has 2 unspecified atom stereocenters. The zero-order valence-corrected chi connectivity index (χ0v) is 21.6. The second kappa shape index (κ2) is 12.0. The third kappa shape index (κ3) is 6.25. The Labute approximate surface area is 207 Å². The zero-order chi connectivity index (χ0) is 24.7. The molecule has 0 spiro atoms. The van der Waals surface area contributed by atoms with E-state index in [-0.39, 0.29) is 29.3 Å². The van der Waals surface area contributed by atoms with Crippen LogP contribution in [0.1, 0.15) is 57.8 Å². The highest BCUT2D eigenvalue weighted by atomic mass is 35.5. The molecule has 1 aromatic heterocycles. The Morgan fingerprint density at radius 1 is 1.18 bits per heavy atom. The first kappa shape index (κ1) is 26.4. The number of benzene rings is 1. The number of piperidine rings is 1. The van der Waals surface area contributed by atoms with Crippen molar-refractivity contribution >= 4 is 33.2 Å². The fourth-order valence-corrected chi connectivity index (χ4v) is 6.29. The highest BCUT2D eigenvalue weighted by Gasteiger charge is 2.38. The van der Waals surface area contributed by atoms with Gasteiger partial charge in [-0.3, -0.25) is 14.8 Å². The number of unbranched alkanes of at least 4 members (excludes halogenated alkanes) is 1. The Morgan fingerprint density at radius 2 is 1.91 bits per heavy atom. The molecule has 1 saturated heterocycles. The van der Waals surface area contributed by atoms with E-state index < -0.39 is 10.0 Å². The molecule has 3 rings (SSSR count). The molecule has 1 aliphatic heterocycles. The van der Waals surface area contributed by atoms with Crippen molar-refractivity contribution in [3.05, 3.63) is 47.0 Å². The van der Waals surface area contributed by atoms with Crippen molar-refractivity contribution < 1.29 is 13.2 Å². The first-order valence-corrected chi connectivity index (χ1v) is 13.7. The summed E-state index contributed by atoms with van der Waals surface area (Å²) in [6.07, 6.45) is 7.17. The van der Waals surface area contributed by atoms with Gasteiger partial charge in [0.2, 0.25) is 15.9 Å². The maximum absolute atomic E-state index is 13.8. The number of halogens is 1. The van der Waals surface area contributed by atoms with Crippen LogP contribution < -0.4 is 10.6 Å². The van der Waals surface area contributed by atoms with Crippen molar-refractivity contribution in [2.75, 3.05) is 18.4 Å². The number of anilines is 1. The normalized spacial score (nSPS) is 19.1. The highest BCUT2D eigenvalue weighted by molar-refractivity contribution is 7.89. The second-order valence-corrected chi connectivity index (χ2v) is 10.9. The van der Waals surface area contributed by atoms with Gasteiger partial charge in [-0.25, -0.2) is 8.42 Å². The molecular formula is C24H34ClN5O3S. The van der Waals surface area contributed by atoms with Gasteiger partial charge < -0.3 is 10.6 Å². The summed E-state index contributed by atoms with van der Waals surface area (Å²) in [6, 6.07) is 4.57. The van der Waals surface area contributed by atoms with Crippen molar-refractivity contribution in [3.8, 4) is 0 Å². The monoisotopic (exact) mass is 507 g/mol. The van der Waals surface area contributed by atoms with Crippen molar-refractivity contribution in [1.82, 2.24) is 19.6 Å². The molecule has 1 fully saturated rings. The van der Waals surface area contributed by atoms with Gasteiger partial charge in [0.05, 0.1) is 29.5 Å². The van der Waals surface area contributed by atoms with Crippen LogP contribution in [0.5, 0.6) is 0 Å². The van der Waals surface area contributed by atoms with Crippen molar-refractivity contribution in [3.63, 3.8) is 0 Å². The molecule has 186 valence electrons. The number of amides is 1. The molecule has 2 N–H and O–H groups in total. The smallest absolute Gasteiger partial charge is 0.245 e. The van der Waals surface area contributed by atoms with Gasteiger partial charge in [-0.05, 0) is 50.8 Å². The summed E-state index contributed by atoms with van der Waals surface area (Å²) < 4.78 is 29.0. The topological polar surface area (TPSA) is 104 Å². The number of carbonyl (C=O) groups is 1. The fraction of sp³-hybridized carbons (Fsp3) is 0.542. The number of sulfonamides is 1. The van der Waals surface area contributed by atoms with Gasteiger partial charge in [-0.15, -0.1) is 0 Å². The summed E-state index contributed by atoms with van der Waals surface area (Å²) in [5, 5.41) is 6.49. The third-order valence-electron chi connectivity index (χ3n) is 6.20. The molecule has 8 nitrogen and oxygen atoms in total. The maximum atomic E-state index is 13.8. The van der Waals surface area contributed by atoms with Gasteiger partial charge in [0.25, 0.3) is 0 Å². The quantitative estimate of drug-likeness (QED) is 0.471. The number of nitrogens with one attached hydrogen (secondary N) is 2. The minimum atomic E-state index is -3.91. The van der Waals surface area contributed by atoms with Gasteiger partial charge in [0.15, 0.2) is 0 Å². The molecule has 2 heterocycles. The van der Waals surface area contributed by atoms with Crippen molar-refractivity contribution in [2.45, 2.75) is 70.4 Å². The minimum Gasteiger partial charge on any atom is -0.378 e. The number of nitrogens with zero attached hydrogens (tertiary/aromatic N) is 3. The zero-order valence-electron chi connectivity index (χ0n) is 20.1. The molecule has 10 heteroatoms. The van der Waals surface area contributed by atoms with Crippen LogP contribution in [-0.2, 0) is 27.8 Å². The van der Waals surface area contributed by atoms with Crippen molar-refractivity contribution in [1.29, 1.82) is 0 Å². The molecule has 2 atom stereocenters. The van der Waals surface area contributed by atoms with E-state index >= 15 is 0 Å². The van der Waals surface area contributed by atoms with Crippen LogP contribution in [0.15, 0.2) is 35.5 Å². The summed E-state index contributed by atoms with van der Waals surface area (Å²) in [5.74, 6) is -0.454. The number of rotatable bonds is 10. The Hall–Kier alpha value is -2.23. The lowest BCUT2D eigenvalue weighted by Crippen LogP contribution is -2.49. The summed E-state index contributed by atoms with van der Waals surface area (Å²) >= 11 is 6.22. The summed E-state index contributed by atoms with van der Waals surface area (Å²) in [4.78, 5) is 21.5. The average molecular weight is 508 g/mol. The lowest BCUT2D eigenvalue weighted by molar-refractivity contribution is -0.126. The number of aryl methyl sites for hydroxylation is 1. The first-order chi connectivity index (χ1) is 16.3. The Kier molecular flexibility index (Phi) is 9.27. The lowest BCUT2D eigenvalue weighted by atomic mass is 9.94. The molecule has 1 aromatic carbocycles. The summed E-state index contributed by atoms with van der Waals surface area (Å²) in [5.41, 5.74) is 2.06. The number of hydrogen-bond donors (Lipinski definition) is 2. The van der Waals surface area contributed by atoms with Gasteiger partial charge in [-0.1, -0.05) is 31.9 Å². The minimum absolute atomic E-state index is 0.0836.